The smallest absolute Gasteiger partial charge is 0.416 e. The van der Waals surface area contributed by atoms with Gasteiger partial charge >= 0.3 is 12.4 Å². The fourth-order valence-corrected chi connectivity index (χ4v) is 23.7. The minimum absolute atomic E-state index is 0.0339. The second kappa shape index (κ2) is 32.3. The summed E-state index contributed by atoms with van der Waals surface area (Å²) in [6, 6.07) is 99.1. The van der Waals surface area contributed by atoms with E-state index in [1.165, 1.54) is 67.0 Å². The molecular weight excluding hydrogens is 1490 g/mol. The van der Waals surface area contributed by atoms with Crippen molar-refractivity contribution in [1.82, 2.24) is 10.6 Å². The first-order valence-electron chi connectivity index (χ1n) is 38.3. The highest BCUT2D eigenvalue weighted by atomic mass is 31.1. The van der Waals surface area contributed by atoms with Gasteiger partial charge in [-0.15, -0.1) is 0 Å². The van der Waals surface area contributed by atoms with Crippen LogP contribution in [0.1, 0.15) is 130 Å². The van der Waals surface area contributed by atoms with Crippen LogP contribution in [0.4, 0.5) is 26.3 Å². The molecule has 114 heavy (non-hydrogen) atoms. The van der Waals surface area contributed by atoms with Gasteiger partial charge in [0.05, 0.1) is 35.3 Å². The lowest BCUT2D eigenvalue weighted by Gasteiger charge is -2.58. The Kier molecular flexibility index (Phi) is 22.3. The SMILES string of the molecule is CC(C)(C)C1COC(c2ccccc2P(c2ccccc2)c2ccccc2)=N1.Cc1ccc(P(c2ccc(C(F)(F)F)cc2)c2ccc(C(F)(F)F)cc2C2=NC(C(C)(C)C)CO2)cc1.Cc1ccccc1C(=O)NC1C(NC(=O)c2ccccc2P(c2ccccc2)c2ccccc2)[C@H]2c3ccccc3[C@@]23c2ccccc2[C@@H]13. The Balaban J connectivity index is 0.000000141. The summed E-state index contributed by atoms with van der Waals surface area (Å²) in [6.07, 6.45) is -9.09. The lowest BCUT2D eigenvalue weighted by atomic mass is 9.43. The number of aliphatic imine (C=N–C) groups is 2. The Bertz CT molecular complexity index is 5460. The number of benzene rings is 12. The van der Waals surface area contributed by atoms with Crippen molar-refractivity contribution in [3.63, 3.8) is 0 Å². The van der Waals surface area contributed by atoms with E-state index in [-0.39, 0.29) is 82.1 Å². The number of hydrogen-bond acceptors (Lipinski definition) is 6. The summed E-state index contributed by atoms with van der Waals surface area (Å²) in [5.74, 6) is 0.765. The number of fused-ring (bicyclic) bond motifs is 4. The number of nitrogens with zero attached hydrogens (tertiary/aromatic N) is 2. The number of carbonyl (C=O) groups is 2. The second-order valence-corrected chi connectivity index (χ2v) is 38.1. The van der Waals surface area contributed by atoms with Crippen LogP contribution in [0.15, 0.2) is 319 Å². The predicted octanol–water partition coefficient (Wildman–Crippen LogP) is 18.5. The summed E-state index contributed by atoms with van der Waals surface area (Å²) >= 11 is 0. The van der Waals surface area contributed by atoms with E-state index in [0.717, 1.165) is 57.5 Å². The predicted molar refractivity (Wildman–Crippen MR) is 454 cm³/mol. The van der Waals surface area contributed by atoms with Crippen LogP contribution >= 0.6 is 23.8 Å². The van der Waals surface area contributed by atoms with Crippen molar-refractivity contribution in [1.29, 1.82) is 0 Å². The van der Waals surface area contributed by atoms with Crippen LogP contribution in [-0.2, 0) is 27.2 Å². The Morgan fingerprint density at radius 3 is 1.18 bits per heavy atom. The number of amides is 2. The quantitative estimate of drug-likeness (QED) is 0.0789. The molecule has 8 atom stereocenters. The molecule has 1 saturated carbocycles. The van der Waals surface area contributed by atoms with Crippen LogP contribution in [0.3, 0.4) is 0 Å². The van der Waals surface area contributed by atoms with Crippen molar-refractivity contribution in [2.24, 2.45) is 20.8 Å². The average molecular weight is 1580 g/mol. The number of aryl methyl sites for hydroxylation is 2. The van der Waals surface area contributed by atoms with Gasteiger partial charge in [0.1, 0.15) is 13.2 Å². The zero-order chi connectivity index (χ0) is 79.8. The van der Waals surface area contributed by atoms with E-state index >= 15 is 0 Å². The molecule has 0 saturated heterocycles. The summed E-state index contributed by atoms with van der Waals surface area (Å²) in [6.45, 7) is 17.4. The highest BCUT2D eigenvalue weighted by Crippen LogP contribution is 2.75. The van der Waals surface area contributed by atoms with E-state index in [2.05, 4.69) is 224 Å². The zero-order valence-corrected chi connectivity index (χ0v) is 67.1. The molecule has 0 aromatic heterocycles. The van der Waals surface area contributed by atoms with Gasteiger partial charge in [-0.3, -0.25) is 9.59 Å². The summed E-state index contributed by atoms with van der Waals surface area (Å²) < 4.78 is 92.8. The third-order valence-corrected chi connectivity index (χ3v) is 29.7. The van der Waals surface area contributed by atoms with Gasteiger partial charge in [-0.2, -0.15) is 26.3 Å². The number of ether oxygens (including phenoxy) is 2. The molecule has 0 bridgehead atoms. The van der Waals surface area contributed by atoms with Gasteiger partial charge in [0.15, 0.2) is 0 Å². The Morgan fingerprint density at radius 2 is 0.728 bits per heavy atom. The normalized spacial score (nSPS) is 19.4. The molecule has 576 valence electrons. The lowest BCUT2D eigenvalue weighted by Crippen LogP contribution is -2.54. The van der Waals surface area contributed by atoms with Crippen LogP contribution in [0.2, 0.25) is 0 Å². The van der Waals surface area contributed by atoms with Gasteiger partial charge in [0, 0.05) is 39.5 Å². The first kappa shape index (κ1) is 78.7. The van der Waals surface area contributed by atoms with Crippen LogP contribution in [0, 0.1) is 24.7 Å². The summed E-state index contributed by atoms with van der Waals surface area (Å²) in [5.41, 5.74) is 7.64. The first-order valence-corrected chi connectivity index (χ1v) is 42.3. The van der Waals surface area contributed by atoms with Crippen molar-refractivity contribution in [2.75, 3.05) is 13.2 Å². The molecular formula is C97H87F6N4O4P3. The lowest BCUT2D eigenvalue weighted by molar-refractivity contribution is -0.138. The molecule has 3 aliphatic carbocycles. The van der Waals surface area contributed by atoms with Crippen LogP contribution < -0.4 is 58.4 Å². The topological polar surface area (TPSA) is 101 Å². The van der Waals surface area contributed by atoms with Gasteiger partial charge < -0.3 is 20.1 Å². The van der Waals surface area contributed by atoms with Crippen molar-refractivity contribution < 1.29 is 45.4 Å². The summed E-state index contributed by atoms with van der Waals surface area (Å²) in [4.78, 5) is 38.5. The molecule has 5 aliphatic rings. The molecule has 8 nitrogen and oxygen atoms in total. The highest BCUT2D eigenvalue weighted by molar-refractivity contribution is 7.80. The minimum Gasteiger partial charge on any atom is -0.475 e. The molecule has 12 aromatic carbocycles. The number of hydrogen-bond donors (Lipinski definition) is 2. The van der Waals surface area contributed by atoms with Crippen LogP contribution in [0.25, 0.3) is 0 Å². The van der Waals surface area contributed by atoms with E-state index in [1.807, 2.05) is 113 Å². The Hall–Kier alpha value is -10.6. The van der Waals surface area contributed by atoms with E-state index < -0.39 is 47.2 Å². The molecule has 2 N–H and O–H groups in total. The Morgan fingerprint density at radius 1 is 0.377 bits per heavy atom. The number of rotatable bonds is 15. The van der Waals surface area contributed by atoms with E-state index in [4.69, 9.17) is 14.5 Å². The maximum Gasteiger partial charge on any atom is 0.416 e. The third kappa shape index (κ3) is 15.7. The monoisotopic (exact) mass is 1580 g/mol. The van der Waals surface area contributed by atoms with E-state index in [1.54, 1.807) is 0 Å². The van der Waals surface area contributed by atoms with Gasteiger partial charge in [0.2, 0.25) is 11.8 Å². The van der Waals surface area contributed by atoms with Crippen LogP contribution in [0.5, 0.6) is 0 Å². The van der Waals surface area contributed by atoms with E-state index in [9.17, 15) is 35.9 Å². The van der Waals surface area contributed by atoms with Crippen LogP contribution in [-0.4, -0.2) is 61.0 Å². The molecule has 1 fully saturated rings. The van der Waals surface area contributed by atoms with Crippen molar-refractivity contribution in [3.8, 4) is 0 Å². The molecule has 17 heteroatoms. The molecule has 17 rings (SSSR count). The summed E-state index contributed by atoms with van der Waals surface area (Å²) in [5, 5.41) is 16.3. The molecule has 0 radical (unpaired) electrons. The molecule has 2 heterocycles. The highest BCUT2D eigenvalue weighted by Gasteiger charge is 2.74. The minimum atomic E-state index is -4.59. The molecule has 12 aromatic rings. The van der Waals surface area contributed by atoms with Crippen molar-refractivity contribution in [3.05, 3.63) is 376 Å². The third-order valence-electron chi connectivity index (χ3n) is 22.2. The molecule has 2 aliphatic heterocycles. The van der Waals surface area contributed by atoms with Gasteiger partial charge in [-0.25, -0.2) is 9.98 Å². The standard InChI is InChI=1S/C44H35N2O2P.C28H26F6NOP.C25H26NOP/c1-28-16-8-9-21-31(28)42(47)45-40-38-32-22-10-13-25-35(32)44(38)36-26-14-11-23-33(36)39(44)41(40)46-43(48)34-24-12-15-27-37(34)49(29-17-4-2-5-18-29)30-19-6-3-7-20-30;1-17-5-10-20(11-6-17)37(21-12-7-18(8-13-21)27(29,30)31)23-14-9-19(28(32,33)34)15-22(23)25-35-24(16-36-25)26(2,3)4;1-25(2,3)23-18-27-24(26-23)21-16-10-11-17-22(21)28(19-12-6-4-7-13-19)20-14-8-5-9-15-20/h2-27,38-41H,1H3,(H,45,47)(H,46,48);5-15,24H,16H2,1-4H3;4-17,23H,18H2,1-3H3/t38-,39+,40?,41?,44+;;/m0../s1. The maximum atomic E-state index is 14.8. The van der Waals surface area contributed by atoms with E-state index in [0.29, 0.717) is 28.3 Å². The first-order chi connectivity index (χ1) is 54.8. The largest absolute Gasteiger partial charge is 0.475 e. The fourth-order valence-electron chi connectivity index (χ4n) is 16.4. The number of nitrogens with one attached hydrogen (secondary N) is 2. The van der Waals surface area contributed by atoms with Gasteiger partial charge in [0.25, 0.3) is 11.8 Å². The Labute approximate surface area is 666 Å². The van der Waals surface area contributed by atoms with Gasteiger partial charge in [-0.1, -0.05) is 314 Å². The molecule has 1 spiro atoms. The zero-order valence-electron chi connectivity index (χ0n) is 64.5. The fraction of sp³-hybridized carbons (Fsp3) is 0.216. The second-order valence-electron chi connectivity index (χ2n) is 31.6. The molecule has 5 unspecified atom stereocenters. The number of alkyl halides is 6. The van der Waals surface area contributed by atoms with Gasteiger partial charge in [-0.05, 0) is 166 Å². The van der Waals surface area contributed by atoms with Crippen molar-refractivity contribution in [2.45, 2.75) is 109 Å². The number of halogens is 6. The summed E-state index contributed by atoms with van der Waals surface area (Å²) in [7, 11) is -3.22. The maximum absolute atomic E-state index is 14.8. The average Bonchev–Trinajstić information content (AvgIpc) is 1.44. The molecule has 2 amide bonds. The number of carbonyl (C=O) groups excluding carboxylic acids is 2. The van der Waals surface area contributed by atoms with Crippen molar-refractivity contribution >= 4 is 95.1 Å².